The van der Waals surface area contributed by atoms with E-state index in [0.29, 0.717) is 18.3 Å². The molecule has 0 spiro atoms. The van der Waals surface area contributed by atoms with E-state index in [-0.39, 0.29) is 29.9 Å². The van der Waals surface area contributed by atoms with Gasteiger partial charge in [-0.2, -0.15) is 0 Å². The van der Waals surface area contributed by atoms with E-state index in [0.717, 1.165) is 58.1 Å². The smallest absolute Gasteiger partial charge is 0.220 e. The van der Waals surface area contributed by atoms with Crippen LogP contribution in [-0.4, -0.2) is 63.7 Å². The van der Waals surface area contributed by atoms with Gasteiger partial charge in [-0.05, 0) is 31.1 Å². The van der Waals surface area contributed by atoms with Gasteiger partial charge in [0.1, 0.15) is 0 Å². The van der Waals surface area contributed by atoms with Crippen LogP contribution in [0.3, 0.4) is 0 Å². The number of amides is 1. The number of hydrogen-bond donors (Lipinski definition) is 2. The largest absolute Gasteiger partial charge is 0.381 e. The van der Waals surface area contributed by atoms with Crippen LogP contribution in [0.15, 0.2) is 4.99 Å². The summed E-state index contributed by atoms with van der Waals surface area (Å²) < 4.78 is 5.59. The van der Waals surface area contributed by atoms with Gasteiger partial charge in [0.15, 0.2) is 5.96 Å². The van der Waals surface area contributed by atoms with Crippen LogP contribution in [0.25, 0.3) is 0 Å². The van der Waals surface area contributed by atoms with Gasteiger partial charge < -0.3 is 20.3 Å². The number of guanidine groups is 1. The standard InChI is InChI=1S/C17H34N4O2.HI/c1-14(2)13-23-11-5-8-20-17(19-4)21-9-6-15(7-10-21)12-16(22)18-3;/h14-15H,5-13H2,1-4H3,(H,18,22)(H,19,20);1H. The fourth-order valence-corrected chi connectivity index (χ4v) is 2.74. The lowest BCUT2D eigenvalue weighted by Gasteiger charge is -2.34. The first kappa shape index (κ1) is 23.4. The molecule has 0 saturated carbocycles. The number of piperidine rings is 1. The molecule has 24 heavy (non-hydrogen) atoms. The van der Waals surface area contributed by atoms with E-state index in [2.05, 4.69) is 34.4 Å². The monoisotopic (exact) mass is 454 g/mol. The third kappa shape index (κ3) is 9.66. The first-order valence-electron chi connectivity index (χ1n) is 8.80. The minimum atomic E-state index is 0. The highest BCUT2D eigenvalue weighted by Crippen LogP contribution is 2.20. The zero-order valence-corrected chi connectivity index (χ0v) is 18.0. The molecule has 7 heteroatoms. The highest BCUT2D eigenvalue weighted by atomic mass is 127. The van der Waals surface area contributed by atoms with Crippen molar-refractivity contribution < 1.29 is 9.53 Å². The second-order valence-electron chi connectivity index (χ2n) is 6.60. The van der Waals surface area contributed by atoms with Crippen molar-refractivity contribution in [3.8, 4) is 0 Å². The van der Waals surface area contributed by atoms with Crippen LogP contribution in [0.2, 0.25) is 0 Å². The first-order chi connectivity index (χ1) is 11.1. The van der Waals surface area contributed by atoms with Crippen LogP contribution in [0.5, 0.6) is 0 Å². The number of aliphatic imine (C=N–C) groups is 1. The Morgan fingerprint density at radius 3 is 2.54 bits per heavy atom. The molecule has 1 heterocycles. The van der Waals surface area contributed by atoms with E-state index in [1.807, 2.05) is 7.05 Å². The van der Waals surface area contributed by atoms with Crippen molar-refractivity contribution >= 4 is 35.8 Å². The molecule has 0 aromatic heterocycles. The maximum absolute atomic E-state index is 11.4. The molecule has 1 rings (SSSR count). The van der Waals surface area contributed by atoms with Crippen LogP contribution >= 0.6 is 24.0 Å². The number of hydrogen-bond acceptors (Lipinski definition) is 3. The van der Waals surface area contributed by atoms with Crippen LogP contribution < -0.4 is 10.6 Å². The molecular formula is C17H35IN4O2. The third-order valence-electron chi connectivity index (χ3n) is 4.08. The molecule has 0 aromatic rings. The molecule has 1 aliphatic rings. The first-order valence-corrected chi connectivity index (χ1v) is 8.80. The average molecular weight is 454 g/mol. The third-order valence-corrected chi connectivity index (χ3v) is 4.08. The molecule has 1 aliphatic heterocycles. The molecule has 2 N–H and O–H groups in total. The second-order valence-corrected chi connectivity index (χ2v) is 6.60. The molecule has 0 unspecified atom stereocenters. The summed E-state index contributed by atoms with van der Waals surface area (Å²) in [5, 5.41) is 6.12. The van der Waals surface area contributed by atoms with Gasteiger partial charge in [-0.1, -0.05) is 13.8 Å². The van der Waals surface area contributed by atoms with Crippen molar-refractivity contribution in [1.29, 1.82) is 0 Å². The summed E-state index contributed by atoms with van der Waals surface area (Å²) in [6.07, 6.45) is 3.72. The Kier molecular flexibility index (Phi) is 13.4. The number of ether oxygens (including phenoxy) is 1. The van der Waals surface area contributed by atoms with Crippen LogP contribution in [0, 0.1) is 11.8 Å². The Morgan fingerprint density at radius 2 is 2.00 bits per heavy atom. The summed E-state index contributed by atoms with van der Waals surface area (Å²) in [6, 6.07) is 0. The lowest BCUT2D eigenvalue weighted by Crippen LogP contribution is -2.46. The summed E-state index contributed by atoms with van der Waals surface area (Å²) in [5.74, 6) is 2.19. The predicted molar refractivity (Wildman–Crippen MR) is 110 cm³/mol. The van der Waals surface area contributed by atoms with Crippen molar-refractivity contribution in [2.24, 2.45) is 16.8 Å². The highest BCUT2D eigenvalue weighted by Gasteiger charge is 2.22. The number of nitrogens with zero attached hydrogens (tertiary/aromatic N) is 2. The van der Waals surface area contributed by atoms with E-state index < -0.39 is 0 Å². The molecule has 0 aromatic carbocycles. The quantitative estimate of drug-likeness (QED) is 0.255. The number of likely N-dealkylation sites (tertiary alicyclic amines) is 1. The molecule has 142 valence electrons. The van der Waals surface area contributed by atoms with Crippen molar-refractivity contribution in [3.05, 3.63) is 0 Å². The summed E-state index contributed by atoms with van der Waals surface area (Å²) in [4.78, 5) is 18.1. The normalized spacial score (nSPS) is 16.0. The van der Waals surface area contributed by atoms with E-state index >= 15 is 0 Å². The summed E-state index contributed by atoms with van der Waals surface area (Å²) in [6.45, 7) is 8.74. The lowest BCUT2D eigenvalue weighted by atomic mass is 9.93. The van der Waals surface area contributed by atoms with Gasteiger partial charge >= 0.3 is 0 Å². The van der Waals surface area contributed by atoms with Crippen molar-refractivity contribution in [2.45, 2.75) is 39.5 Å². The molecule has 1 fully saturated rings. The maximum Gasteiger partial charge on any atom is 0.220 e. The lowest BCUT2D eigenvalue weighted by molar-refractivity contribution is -0.121. The van der Waals surface area contributed by atoms with Crippen molar-refractivity contribution in [2.75, 3.05) is 46.9 Å². The van der Waals surface area contributed by atoms with Crippen LogP contribution in [0.4, 0.5) is 0 Å². The van der Waals surface area contributed by atoms with E-state index in [9.17, 15) is 4.79 Å². The number of rotatable bonds is 8. The molecule has 1 amide bonds. The number of carbonyl (C=O) groups excluding carboxylic acids is 1. The SMILES string of the molecule is CN=C(NCCCOCC(C)C)N1CCC(CC(=O)NC)CC1.I. The van der Waals surface area contributed by atoms with Gasteiger partial charge in [-0.3, -0.25) is 9.79 Å². The Labute approximate surface area is 164 Å². The summed E-state index contributed by atoms with van der Waals surface area (Å²) in [5.41, 5.74) is 0. The van der Waals surface area contributed by atoms with E-state index in [4.69, 9.17) is 4.74 Å². The molecule has 0 aliphatic carbocycles. The average Bonchev–Trinajstić information content (AvgIpc) is 2.55. The van der Waals surface area contributed by atoms with Gasteiger partial charge in [0.05, 0.1) is 0 Å². The number of halogens is 1. The Hall–Kier alpha value is -0.570. The highest BCUT2D eigenvalue weighted by molar-refractivity contribution is 14.0. The molecular weight excluding hydrogens is 419 g/mol. The molecule has 6 nitrogen and oxygen atoms in total. The topological polar surface area (TPSA) is 66.0 Å². The van der Waals surface area contributed by atoms with Gasteiger partial charge in [0, 0.05) is 53.4 Å². The predicted octanol–water partition coefficient (Wildman–Crippen LogP) is 2.09. The van der Waals surface area contributed by atoms with Gasteiger partial charge in [-0.25, -0.2) is 0 Å². The van der Waals surface area contributed by atoms with Crippen molar-refractivity contribution in [3.63, 3.8) is 0 Å². The van der Waals surface area contributed by atoms with Crippen LogP contribution in [-0.2, 0) is 9.53 Å². The summed E-state index contributed by atoms with van der Waals surface area (Å²) >= 11 is 0. The zero-order valence-electron chi connectivity index (χ0n) is 15.6. The molecule has 1 saturated heterocycles. The van der Waals surface area contributed by atoms with E-state index in [1.54, 1.807) is 7.05 Å². The number of carbonyl (C=O) groups is 1. The van der Waals surface area contributed by atoms with Gasteiger partial charge in [-0.15, -0.1) is 24.0 Å². The molecule has 0 atom stereocenters. The van der Waals surface area contributed by atoms with Gasteiger partial charge in [0.2, 0.25) is 5.91 Å². The maximum atomic E-state index is 11.4. The minimum Gasteiger partial charge on any atom is -0.381 e. The van der Waals surface area contributed by atoms with Gasteiger partial charge in [0.25, 0.3) is 0 Å². The minimum absolute atomic E-state index is 0. The second kappa shape index (κ2) is 13.7. The summed E-state index contributed by atoms with van der Waals surface area (Å²) in [7, 11) is 3.53. The molecule has 0 bridgehead atoms. The number of nitrogens with one attached hydrogen (secondary N) is 2. The Balaban J connectivity index is 0.00000529. The fourth-order valence-electron chi connectivity index (χ4n) is 2.74. The van der Waals surface area contributed by atoms with Crippen molar-refractivity contribution in [1.82, 2.24) is 15.5 Å². The van der Waals surface area contributed by atoms with Crippen LogP contribution in [0.1, 0.15) is 39.5 Å². The molecule has 0 radical (unpaired) electrons. The zero-order chi connectivity index (χ0) is 17.1. The Morgan fingerprint density at radius 1 is 1.33 bits per heavy atom. The Bertz CT molecular complexity index is 370. The fraction of sp³-hybridized carbons (Fsp3) is 0.882. The van der Waals surface area contributed by atoms with E-state index in [1.165, 1.54) is 0 Å².